The van der Waals surface area contributed by atoms with Gasteiger partial charge in [0.15, 0.2) is 0 Å². The third-order valence-electron chi connectivity index (χ3n) is 6.68. The van der Waals surface area contributed by atoms with Crippen LogP contribution in [0.1, 0.15) is 62.4 Å². The van der Waals surface area contributed by atoms with Gasteiger partial charge in [0.25, 0.3) is 0 Å². The molecule has 148 valence electrons. The minimum Gasteiger partial charge on any atom is -0.369 e. The molecule has 3 heterocycles. The number of hydrogen-bond donors (Lipinski definition) is 0. The molecule has 5 heteroatoms. The van der Waals surface area contributed by atoms with Gasteiger partial charge in [-0.05, 0) is 57.7 Å². The van der Waals surface area contributed by atoms with Crippen LogP contribution in [0.2, 0.25) is 0 Å². The largest absolute Gasteiger partial charge is 0.369 e. The number of carbonyl (C=O) groups excluding carboxylic acids is 1. The molecule has 1 aromatic heterocycles. The lowest BCUT2D eigenvalue weighted by Gasteiger charge is -2.35. The summed E-state index contributed by atoms with van der Waals surface area (Å²) < 4.78 is 0. The molecule has 1 aromatic rings. The Morgan fingerprint density at radius 2 is 1.78 bits per heavy atom. The second kappa shape index (κ2) is 8.17. The van der Waals surface area contributed by atoms with E-state index < -0.39 is 0 Å². The number of anilines is 1. The monoisotopic (exact) mass is 370 g/mol. The molecule has 5 nitrogen and oxygen atoms in total. The fourth-order valence-electron chi connectivity index (χ4n) is 5.04. The molecule has 3 fully saturated rings. The summed E-state index contributed by atoms with van der Waals surface area (Å²) in [6.07, 6.45) is 7.97. The molecule has 3 aliphatic rings. The van der Waals surface area contributed by atoms with Gasteiger partial charge in [-0.1, -0.05) is 12.8 Å². The van der Waals surface area contributed by atoms with Crippen molar-refractivity contribution in [3.63, 3.8) is 0 Å². The summed E-state index contributed by atoms with van der Waals surface area (Å²) in [6, 6.07) is 4.63. The second-order valence-electron chi connectivity index (χ2n) is 8.78. The normalized spacial score (nSPS) is 24.7. The number of piperazine rings is 1. The molecule has 2 saturated heterocycles. The first-order valence-electron chi connectivity index (χ1n) is 10.8. The zero-order chi connectivity index (χ0) is 18.8. The van der Waals surface area contributed by atoms with Gasteiger partial charge in [-0.15, -0.1) is 0 Å². The van der Waals surface area contributed by atoms with E-state index in [4.69, 9.17) is 4.98 Å². The van der Waals surface area contributed by atoms with Gasteiger partial charge in [0.2, 0.25) is 5.91 Å². The minimum absolute atomic E-state index is 0.171. The van der Waals surface area contributed by atoms with Crippen LogP contribution in [0.25, 0.3) is 0 Å². The van der Waals surface area contributed by atoms with E-state index >= 15 is 0 Å². The Morgan fingerprint density at radius 3 is 2.52 bits per heavy atom. The molecule has 1 unspecified atom stereocenters. The van der Waals surface area contributed by atoms with Crippen molar-refractivity contribution in [2.24, 2.45) is 5.92 Å². The number of aryl methyl sites for hydroxylation is 1. The average Bonchev–Trinajstić information content (AvgIpc) is 3.33. The maximum absolute atomic E-state index is 13.0. The summed E-state index contributed by atoms with van der Waals surface area (Å²) >= 11 is 0. The molecular formula is C22H34N4O. The first-order chi connectivity index (χ1) is 13.1. The van der Waals surface area contributed by atoms with Crippen molar-refractivity contribution in [3.8, 4) is 0 Å². The third-order valence-corrected chi connectivity index (χ3v) is 6.68. The van der Waals surface area contributed by atoms with Crippen LogP contribution in [0.15, 0.2) is 12.1 Å². The number of amides is 1. The highest BCUT2D eigenvalue weighted by Crippen LogP contribution is 2.35. The lowest BCUT2D eigenvalue weighted by molar-refractivity contribution is -0.133. The van der Waals surface area contributed by atoms with E-state index in [1.807, 2.05) is 0 Å². The predicted molar refractivity (Wildman–Crippen MR) is 109 cm³/mol. The summed E-state index contributed by atoms with van der Waals surface area (Å²) in [4.78, 5) is 24.8. The highest BCUT2D eigenvalue weighted by molar-refractivity contribution is 5.77. The van der Waals surface area contributed by atoms with Gasteiger partial charge in [-0.25, -0.2) is 0 Å². The fraction of sp³-hybridized carbons (Fsp3) is 0.727. The van der Waals surface area contributed by atoms with Crippen molar-refractivity contribution in [1.29, 1.82) is 0 Å². The van der Waals surface area contributed by atoms with Crippen molar-refractivity contribution < 1.29 is 4.79 Å². The van der Waals surface area contributed by atoms with Crippen molar-refractivity contribution >= 4 is 11.6 Å². The molecule has 0 N–H and O–H groups in total. The molecule has 27 heavy (non-hydrogen) atoms. The average molecular weight is 371 g/mol. The number of pyridine rings is 1. The van der Waals surface area contributed by atoms with Crippen molar-refractivity contribution in [2.45, 2.75) is 57.9 Å². The summed E-state index contributed by atoms with van der Waals surface area (Å²) in [5.41, 5.74) is 3.44. The molecule has 4 rings (SSSR count). The van der Waals surface area contributed by atoms with Gasteiger partial charge in [0.1, 0.15) is 0 Å². The smallest absolute Gasteiger partial charge is 0.223 e. The van der Waals surface area contributed by atoms with Gasteiger partial charge in [0.05, 0.1) is 11.7 Å². The van der Waals surface area contributed by atoms with E-state index in [-0.39, 0.29) is 6.04 Å². The second-order valence-corrected chi connectivity index (χ2v) is 8.78. The van der Waals surface area contributed by atoms with Gasteiger partial charge >= 0.3 is 0 Å². The Morgan fingerprint density at radius 1 is 1.04 bits per heavy atom. The standard InChI is InChI=1S/C22H34N4O/c1-17-14-19(25-12-10-24(2)11-13-25)16-20(23-17)21-8-5-9-26(21)22(27)15-18-6-3-4-7-18/h14,16,18,21H,3-13,15H2,1-2H3. The number of hydrogen-bond acceptors (Lipinski definition) is 4. The Bertz CT molecular complexity index is 662. The summed E-state index contributed by atoms with van der Waals surface area (Å²) in [7, 11) is 2.19. The lowest BCUT2D eigenvalue weighted by Crippen LogP contribution is -2.44. The first-order valence-corrected chi connectivity index (χ1v) is 10.8. The minimum atomic E-state index is 0.171. The van der Waals surface area contributed by atoms with Crippen LogP contribution in [0.4, 0.5) is 5.69 Å². The SMILES string of the molecule is Cc1cc(N2CCN(C)CC2)cc(C2CCCN2C(=O)CC2CCCC2)n1. The zero-order valence-electron chi connectivity index (χ0n) is 17.0. The van der Waals surface area contributed by atoms with Crippen LogP contribution in [0, 0.1) is 12.8 Å². The van der Waals surface area contributed by atoms with Crippen molar-refractivity contribution in [1.82, 2.24) is 14.8 Å². The zero-order valence-corrected chi connectivity index (χ0v) is 17.0. The lowest BCUT2D eigenvalue weighted by atomic mass is 10.0. The van der Waals surface area contributed by atoms with Crippen molar-refractivity contribution in [3.05, 3.63) is 23.5 Å². The van der Waals surface area contributed by atoms with Crippen LogP contribution in [0.3, 0.4) is 0 Å². The van der Waals surface area contributed by atoms with E-state index in [0.29, 0.717) is 11.8 Å². The van der Waals surface area contributed by atoms with E-state index in [1.165, 1.54) is 31.4 Å². The van der Waals surface area contributed by atoms with Crippen LogP contribution < -0.4 is 4.90 Å². The molecular weight excluding hydrogens is 336 g/mol. The molecule has 1 aliphatic carbocycles. The highest BCUT2D eigenvalue weighted by atomic mass is 16.2. The molecule has 0 bridgehead atoms. The quantitative estimate of drug-likeness (QED) is 0.814. The molecule has 0 radical (unpaired) electrons. The van der Waals surface area contributed by atoms with E-state index in [0.717, 1.165) is 63.4 Å². The van der Waals surface area contributed by atoms with Gasteiger partial charge in [-0.2, -0.15) is 0 Å². The Balaban J connectivity index is 1.50. The van der Waals surface area contributed by atoms with Gasteiger partial charge < -0.3 is 14.7 Å². The topological polar surface area (TPSA) is 39.7 Å². The number of rotatable bonds is 4. The first kappa shape index (κ1) is 18.7. The molecule has 1 amide bonds. The number of carbonyl (C=O) groups is 1. The molecule has 0 spiro atoms. The Hall–Kier alpha value is -1.62. The Kier molecular flexibility index (Phi) is 5.67. The summed E-state index contributed by atoms with van der Waals surface area (Å²) in [5, 5.41) is 0. The Labute approximate surface area is 163 Å². The maximum Gasteiger partial charge on any atom is 0.223 e. The van der Waals surface area contributed by atoms with Crippen LogP contribution in [0.5, 0.6) is 0 Å². The van der Waals surface area contributed by atoms with Crippen LogP contribution in [-0.4, -0.2) is 60.5 Å². The third kappa shape index (κ3) is 4.29. The number of likely N-dealkylation sites (N-methyl/N-ethyl adjacent to an activating group) is 1. The molecule has 1 saturated carbocycles. The van der Waals surface area contributed by atoms with E-state index in [1.54, 1.807) is 0 Å². The molecule has 2 aliphatic heterocycles. The molecule has 1 atom stereocenters. The van der Waals surface area contributed by atoms with Gasteiger partial charge in [0, 0.05) is 50.5 Å². The maximum atomic E-state index is 13.0. The summed E-state index contributed by atoms with van der Waals surface area (Å²) in [5.74, 6) is 0.971. The van der Waals surface area contributed by atoms with Gasteiger partial charge in [-0.3, -0.25) is 9.78 Å². The number of aromatic nitrogens is 1. The fourth-order valence-corrected chi connectivity index (χ4v) is 5.04. The number of likely N-dealkylation sites (tertiary alicyclic amines) is 1. The van der Waals surface area contributed by atoms with E-state index in [9.17, 15) is 4.79 Å². The van der Waals surface area contributed by atoms with E-state index in [2.05, 4.69) is 40.8 Å². The summed E-state index contributed by atoms with van der Waals surface area (Å²) in [6.45, 7) is 7.32. The van der Waals surface area contributed by atoms with Crippen molar-refractivity contribution in [2.75, 3.05) is 44.7 Å². The van der Waals surface area contributed by atoms with Crippen LogP contribution >= 0.6 is 0 Å². The molecule has 0 aromatic carbocycles. The van der Waals surface area contributed by atoms with Crippen LogP contribution in [-0.2, 0) is 4.79 Å². The predicted octanol–water partition coefficient (Wildman–Crippen LogP) is 3.39. The number of nitrogens with zero attached hydrogens (tertiary/aromatic N) is 4. The highest BCUT2D eigenvalue weighted by Gasteiger charge is 2.33.